The Labute approximate surface area is 141 Å². The van der Waals surface area contributed by atoms with Crippen LogP contribution in [-0.4, -0.2) is 18.1 Å². The minimum Gasteiger partial charge on any atom is -0.333 e. The molecular formula is C19H19ClN2O. The fourth-order valence-electron chi connectivity index (χ4n) is 3.96. The minimum absolute atomic E-state index is 0.0388. The van der Waals surface area contributed by atoms with Gasteiger partial charge in [-0.15, -0.1) is 0 Å². The Hall–Kier alpha value is -2.00. The van der Waals surface area contributed by atoms with E-state index in [1.165, 1.54) is 16.7 Å². The summed E-state index contributed by atoms with van der Waals surface area (Å²) in [6.45, 7) is 0. The number of halogens is 1. The lowest BCUT2D eigenvalue weighted by atomic mass is 9.77. The molecule has 1 aliphatic carbocycles. The number of carbonyl (C=O) groups excluding carboxylic acids is 1. The fourth-order valence-corrected chi connectivity index (χ4v) is 4.29. The quantitative estimate of drug-likeness (QED) is 0.847. The maximum atomic E-state index is 11.6. The van der Waals surface area contributed by atoms with E-state index in [2.05, 4.69) is 41.0 Å². The van der Waals surface area contributed by atoms with Gasteiger partial charge in [0, 0.05) is 5.02 Å². The van der Waals surface area contributed by atoms with Crippen LogP contribution in [-0.2, 0) is 0 Å². The highest BCUT2D eigenvalue weighted by atomic mass is 35.5. The summed E-state index contributed by atoms with van der Waals surface area (Å²) in [5.41, 5.74) is 3.62. The Balaban J connectivity index is 1.70. The molecule has 4 rings (SSSR count). The smallest absolute Gasteiger partial charge is 0.315 e. The highest BCUT2D eigenvalue weighted by Crippen LogP contribution is 2.42. The van der Waals surface area contributed by atoms with Gasteiger partial charge in [-0.25, -0.2) is 4.79 Å². The first-order valence-electron chi connectivity index (χ1n) is 8.13. The summed E-state index contributed by atoms with van der Waals surface area (Å²) in [5.74, 6) is 0.375. The predicted molar refractivity (Wildman–Crippen MR) is 92.7 cm³/mol. The van der Waals surface area contributed by atoms with Gasteiger partial charge >= 0.3 is 6.03 Å². The second kappa shape index (κ2) is 5.89. The summed E-state index contributed by atoms with van der Waals surface area (Å²) < 4.78 is 0. The van der Waals surface area contributed by atoms with Crippen LogP contribution in [0.1, 0.15) is 30.7 Å². The standard InChI is InChI=1S/C19H19ClN2O/c20-15-8-4-7-14(12-5-2-1-3-6-12)18(15)13-9-10-16-17(11-13)22-19(23)21-16/h1-8,13,16-17H,9-11H2,(H2,21,22,23). The van der Waals surface area contributed by atoms with Gasteiger partial charge < -0.3 is 10.6 Å². The second-order valence-electron chi connectivity index (χ2n) is 6.41. The van der Waals surface area contributed by atoms with Crippen molar-refractivity contribution < 1.29 is 4.79 Å². The maximum Gasteiger partial charge on any atom is 0.315 e. The van der Waals surface area contributed by atoms with Crippen molar-refractivity contribution in [1.29, 1.82) is 0 Å². The molecule has 1 saturated heterocycles. The molecule has 23 heavy (non-hydrogen) atoms. The van der Waals surface area contributed by atoms with Gasteiger partial charge in [-0.05, 0) is 47.9 Å². The van der Waals surface area contributed by atoms with E-state index >= 15 is 0 Å². The van der Waals surface area contributed by atoms with E-state index < -0.39 is 0 Å². The predicted octanol–water partition coefficient (Wildman–Crippen LogP) is 4.32. The van der Waals surface area contributed by atoms with Gasteiger partial charge in [-0.2, -0.15) is 0 Å². The highest BCUT2D eigenvalue weighted by Gasteiger charge is 2.38. The van der Waals surface area contributed by atoms with Crippen LogP contribution >= 0.6 is 11.6 Å². The van der Waals surface area contributed by atoms with E-state index in [-0.39, 0.29) is 18.1 Å². The van der Waals surface area contributed by atoms with Crippen LogP contribution in [0.3, 0.4) is 0 Å². The second-order valence-corrected chi connectivity index (χ2v) is 6.82. The summed E-state index contributed by atoms with van der Waals surface area (Å²) in [7, 11) is 0. The van der Waals surface area contributed by atoms with E-state index in [9.17, 15) is 4.79 Å². The van der Waals surface area contributed by atoms with Gasteiger partial charge in [-0.1, -0.05) is 54.1 Å². The Bertz CT molecular complexity index is 731. The van der Waals surface area contributed by atoms with Crippen molar-refractivity contribution in [1.82, 2.24) is 10.6 Å². The maximum absolute atomic E-state index is 11.6. The average molecular weight is 327 g/mol. The average Bonchev–Trinajstić information content (AvgIpc) is 2.94. The molecule has 2 aliphatic rings. The first-order valence-corrected chi connectivity index (χ1v) is 8.51. The monoisotopic (exact) mass is 326 g/mol. The molecule has 0 radical (unpaired) electrons. The van der Waals surface area contributed by atoms with Crippen molar-refractivity contribution in [3.05, 3.63) is 59.1 Å². The molecule has 4 heteroatoms. The van der Waals surface area contributed by atoms with E-state index in [1.807, 2.05) is 18.2 Å². The number of fused-ring (bicyclic) bond motifs is 1. The van der Waals surface area contributed by atoms with Crippen LogP contribution in [0.25, 0.3) is 11.1 Å². The molecule has 0 bridgehead atoms. The molecule has 2 amide bonds. The van der Waals surface area contributed by atoms with Crippen LogP contribution in [0.4, 0.5) is 4.79 Å². The molecule has 2 N–H and O–H groups in total. The fraction of sp³-hybridized carbons (Fsp3) is 0.316. The van der Waals surface area contributed by atoms with Crippen molar-refractivity contribution in [3.8, 4) is 11.1 Å². The molecule has 3 unspecified atom stereocenters. The molecule has 2 fully saturated rings. The van der Waals surface area contributed by atoms with E-state index in [1.54, 1.807) is 0 Å². The van der Waals surface area contributed by atoms with Gasteiger partial charge in [0.25, 0.3) is 0 Å². The lowest BCUT2D eigenvalue weighted by molar-refractivity contribution is 0.247. The van der Waals surface area contributed by atoms with Crippen LogP contribution in [0.5, 0.6) is 0 Å². The lowest BCUT2D eigenvalue weighted by Gasteiger charge is -2.32. The highest BCUT2D eigenvalue weighted by molar-refractivity contribution is 6.31. The number of rotatable bonds is 2. The number of hydrogen-bond donors (Lipinski definition) is 2. The van der Waals surface area contributed by atoms with Crippen LogP contribution in [0.2, 0.25) is 5.02 Å². The zero-order valence-corrected chi connectivity index (χ0v) is 13.5. The van der Waals surface area contributed by atoms with E-state index in [4.69, 9.17) is 11.6 Å². The summed E-state index contributed by atoms with van der Waals surface area (Å²) in [4.78, 5) is 11.6. The third-order valence-electron chi connectivity index (χ3n) is 5.03. The van der Waals surface area contributed by atoms with Crippen LogP contribution in [0, 0.1) is 0 Å². The van der Waals surface area contributed by atoms with Crippen LogP contribution < -0.4 is 10.6 Å². The molecule has 0 aromatic heterocycles. The normalized spacial score (nSPS) is 26.3. The Kier molecular flexibility index (Phi) is 3.74. The van der Waals surface area contributed by atoms with Crippen molar-refractivity contribution in [2.75, 3.05) is 0 Å². The Morgan fingerprint density at radius 3 is 2.52 bits per heavy atom. The number of nitrogens with one attached hydrogen (secondary N) is 2. The molecule has 2 aromatic rings. The van der Waals surface area contributed by atoms with Gasteiger partial charge in [0.05, 0.1) is 12.1 Å². The first kappa shape index (κ1) is 14.6. The Morgan fingerprint density at radius 1 is 0.913 bits per heavy atom. The number of benzene rings is 2. The molecule has 1 saturated carbocycles. The van der Waals surface area contributed by atoms with Crippen molar-refractivity contribution in [2.45, 2.75) is 37.3 Å². The van der Waals surface area contributed by atoms with Gasteiger partial charge in [0.15, 0.2) is 0 Å². The van der Waals surface area contributed by atoms with E-state index in [0.29, 0.717) is 5.92 Å². The van der Waals surface area contributed by atoms with Gasteiger partial charge in [0.1, 0.15) is 0 Å². The topological polar surface area (TPSA) is 41.1 Å². The summed E-state index contributed by atoms with van der Waals surface area (Å²) >= 11 is 6.58. The number of hydrogen-bond acceptors (Lipinski definition) is 1. The zero-order chi connectivity index (χ0) is 15.8. The molecule has 118 valence electrons. The summed E-state index contributed by atoms with van der Waals surface area (Å²) in [6, 6.07) is 17.0. The lowest BCUT2D eigenvalue weighted by Crippen LogP contribution is -2.39. The van der Waals surface area contributed by atoms with Crippen molar-refractivity contribution in [2.24, 2.45) is 0 Å². The minimum atomic E-state index is -0.0388. The molecule has 2 aromatic carbocycles. The largest absolute Gasteiger partial charge is 0.333 e. The van der Waals surface area contributed by atoms with Gasteiger partial charge in [0.2, 0.25) is 0 Å². The first-order chi connectivity index (χ1) is 11.2. The van der Waals surface area contributed by atoms with Crippen molar-refractivity contribution >= 4 is 17.6 Å². The molecule has 1 heterocycles. The Morgan fingerprint density at radius 2 is 1.70 bits per heavy atom. The number of amides is 2. The van der Waals surface area contributed by atoms with E-state index in [0.717, 1.165) is 24.3 Å². The van der Waals surface area contributed by atoms with Crippen molar-refractivity contribution in [3.63, 3.8) is 0 Å². The molecule has 3 nitrogen and oxygen atoms in total. The third-order valence-corrected chi connectivity index (χ3v) is 5.36. The number of urea groups is 1. The molecule has 0 spiro atoms. The summed E-state index contributed by atoms with van der Waals surface area (Å²) in [6.07, 6.45) is 2.98. The molecular weight excluding hydrogens is 308 g/mol. The van der Waals surface area contributed by atoms with Crippen LogP contribution in [0.15, 0.2) is 48.5 Å². The third kappa shape index (κ3) is 2.70. The number of carbonyl (C=O) groups is 1. The van der Waals surface area contributed by atoms with Gasteiger partial charge in [-0.3, -0.25) is 0 Å². The molecule has 3 atom stereocenters. The SMILES string of the molecule is O=C1NC2CCC(c3c(Cl)cccc3-c3ccccc3)CC2N1. The zero-order valence-electron chi connectivity index (χ0n) is 12.8. The summed E-state index contributed by atoms with van der Waals surface area (Å²) in [5, 5.41) is 6.87. The molecule has 1 aliphatic heterocycles.